The van der Waals surface area contributed by atoms with Gasteiger partial charge in [-0.15, -0.1) is 0 Å². The highest BCUT2D eigenvalue weighted by Crippen LogP contribution is 2.35. The monoisotopic (exact) mass is 123 g/mol. The summed E-state index contributed by atoms with van der Waals surface area (Å²) in [5.41, 5.74) is 0.639. The van der Waals surface area contributed by atoms with Crippen LogP contribution in [0.5, 0.6) is 0 Å². The van der Waals surface area contributed by atoms with E-state index in [4.69, 9.17) is 0 Å². The highest BCUT2D eigenvalue weighted by atomic mass is 15.2. The van der Waals surface area contributed by atoms with Crippen LogP contribution < -0.4 is 0 Å². The summed E-state index contributed by atoms with van der Waals surface area (Å²) in [5.74, 6) is 0. The fourth-order valence-corrected chi connectivity index (χ4v) is 2.39. The van der Waals surface area contributed by atoms with E-state index in [2.05, 4.69) is 11.8 Å². The van der Waals surface area contributed by atoms with Gasteiger partial charge in [0.05, 0.1) is 0 Å². The molecular weight excluding hydrogens is 109 g/mol. The molecule has 2 rings (SSSR count). The number of fused-ring (bicyclic) bond motifs is 1. The first-order chi connectivity index (χ1) is 4.31. The van der Waals surface area contributed by atoms with Crippen molar-refractivity contribution in [3.63, 3.8) is 0 Å². The molecule has 2 heterocycles. The van der Waals surface area contributed by atoms with Crippen LogP contribution in [0, 0.1) is 0 Å². The molecule has 0 N–H and O–H groups in total. The van der Waals surface area contributed by atoms with Crippen molar-refractivity contribution < 1.29 is 0 Å². The zero-order chi connectivity index (χ0) is 6.32. The van der Waals surface area contributed by atoms with Crippen LogP contribution in [-0.4, -0.2) is 30.7 Å². The van der Waals surface area contributed by atoms with E-state index in [1.54, 1.807) is 0 Å². The molecule has 0 saturated carbocycles. The highest BCUT2D eigenvalue weighted by molar-refractivity contribution is 6.37. The number of rotatable bonds is 0. The summed E-state index contributed by atoms with van der Waals surface area (Å²) in [6, 6.07) is 0. The maximum Gasteiger partial charge on any atom is 0.140 e. The van der Waals surface area contributed by atoms with Crippen LogP contribution in [0.4, 0.5) is 0 Å². The van der Waals surface area contributed by atoms with Crippen molar-refractivity contribution in [2.45, 2.75) is 31.6 Å². The first-order valence-corrected chi connectivity index (χ1v) is 4.06. The number of hydrogen-bond donors (Lipinski definition) is 0. The van der Waals surface area contributed by atoms with Gasteiger partial charge >= 0.3 is 0 Å². The molecular formula is C7H14BN. The molecule has 2 heteroatoms. The molecule has 1 atom stereocenters. The normalized spacial score (nSPS) is 42.8. The molecule has 9 heavy (non-hydrogen) atoms. The lowest BCUT2D eigenvalue weighted by Crippen LogP contribution is -2.33. The van der Waals surface area contributed by atoms with E-state index < -0.39 is 0 Å². The van der Waals surface area contributed by atoms with Gasteiger partial charge < -0.3 is 4.90 Å². The lowest BCUT2D eigenvalue weighted by molar-refractivity contribution is 0.227. The first-order valence-electron chi connectivity index (χ1n) is 4.06. The smallest absolute Gasteiger partial charge is 0.140 e. The summed E-state index contributed by atoms with van der Waals surface area (Å²) < 4.78 is 0. The molecule has 0 amide bonds. The molecule has 0 unspecified atom stereocenters. The third-order valence-electron chi connectivity index (χ3n) is 3.05. The molecule has 2 saturated heterocycles. The molecule has 0 bridgehead atoms. The molecule has 2 aliphatic heterocycles. The largest absolute Gasteiger partial charge is 0.306 e. The summed E-state index contributed by atoms with van der Waals surface area (Å²) in [6.45, 7) is 3.80. The Bertz CT molecular complexity index is 114. The minimum atomic E-state index is 0.639. The molecule has 0 aromatic heterocycles. The van der Waals surface area contributed by atoms with Crippen molar-refractivity contribution in [1.82, 2.24) is 4.90 Å². The van der Waals surface area contributed by atoms with E-state index in [-0.39, 0.29) is 0 Å². The second kappa shape index (κ2) is 1.75. The van der Waals surface area contributed by atoms with Crippen LogP contribution in [0.2, 0.25) is 6.32 Å². The van der Waals surface area contributed by atoms with Crippen molar-refractivity contribution in [1.29, 1.82) is 0 Å². The topological polar surface area (TPSA) is 3.24 Å². The zero-order valence-corrected chi connectivity index (χ0v) is 6.19. The van der Waals surface area contributed by atoms with Crippen molar-refractivity contribution in [2.75, 3.05) is 13.0 Å². The Labute approximate surface area is 57.7 Å². The van der Waals surface area contributed by atoms with Gasteiger partial charge in [-0.3, -0.25) is 0 Å². The van der Waals surface area contributed by atoms with E-state index in [1.807, 2.05) is 0 Å². The Morgan fingerprint density at radius 3 is 3.22 bits per heavy atom. The van der Waals surface area contributed by atoms with Crippen LogP contribution >= 0.6 is 0 Å². The highest BCUT2D eigenvalue weighted by Gasteiger charge is 2.39. The van der Waals surface area contributed by atoms with Crippen molar-refractivity contribution in [2.24, 2.45) is 0 Å². The average Bonchev–Trinajstić information content (AvgIpc) is 2.22. The van der Waals surface area contributed by atoms with Gasteiger partial charge in [0.2, 0.25) is 0 Å². The Balaban J connectivity index is 2.17. The van der Waals surface area contributed by atoms with Crippen molar-refractivity contribution >= 4 is 7.28 Å². The fraction of sp³-hybridized carbons (Fsp3) is 1.00. The first kappa shape index (κ1) is 5.78. The Kier molecular flexibility index (Phi) is 1.13. The Morgan fingerprint density at radius 2 is 2.44 bits per heavy atom. The molecule has 50 valence electrons. The lowest BCUT2D eigenvalue weighted by atomic mass is 9.72. The van der Waals surface area contributed by atoms with Gasteiger partial charge in [-0.1, -0.05) is 6.32 Å². The second-order valence-corrected chi connectivity index (χ2v) is 3.69. The molecule has 0 aromatic carbocycles. The third-order valence-corrected chi connectivity index (χ3v) is 3.05. The zero-order valence-electron chi connectivity index (χ0n) is 6.19. The van der Waals surface area contributed by atoms with Gasteiger partial charge in [0, 0.05) is 5.54 Å². The van der Waals surface area contributed by atoms with Gasteiger partial charge in [0.15, 0.2) is 0 Å². The molecule has 2 aliphatic rings. The molecule has 0 spiro atoms. The van der Waals surface area contributed by atoms with Crippen LogP contribution in [0.25, 0.3) is 0 Å². The van der Waals surface area contributed by atoms with Gasteiger partial charge in [0.1, 0.15) is 7.28 Å². The van der Waals surface area contributed by atoms with E-state index in [9.17, 15) is 0 Å². The van der Waals surface area contributed by atoms with Crippen LogP contribution in [0.1, 0.15) is 19.8 Å². The maximum atomic E-state index is 2.66. The van der Waals surface area contributed by atoms with Gasteiger partial charge in [0.25, 0.3) is 0 Å². The standard InChI is InChI=1S/C7H14BN/c1-7-3-2-4-9(7)6-8-5-7/h8H,2-6H2,1H3/t7-/m0/s1. The van der Waals surface area contributed by atoms with E-state index in [0.29, 0.717) is 5.54 Å². The van der Waals surface area contributed by atoms with Crippen LogP contribution in [0.3, 0.4) is 0 Å². The molecule has 0 radical (unpaired) electrons. The summed E-state index contributed by atoms with van der Waals surface area (Å²) in [4.78, 5) is 2.66. The van der Waals surface area contributed by atoms with Crippen molar-refractivity contribution in [3.8, 4) is 0 Å². The number of hydrogen-bond acceptors (Lipinski definition) is 1. The molecule has 1 nitrogen and oxygen atoms in total. The minimum Gasteiger partial charge on any atom is -0.306 e. The third kappa shape index (κ3) is 0.726. The summed E-state index contributed by atoms with van der Waals surface area (Å²) >= 11 is 0. The average molecular weight is 123 g/mol. The molecule has 0 aromatic rings. The Morgan fingerprint density at radius 1 is 1.56 bits per heavy atom. The van der Waals surface area contributed by atoms with E-state index >= 15 is 0 Å². The SMILES string of the molecule is C[C@]12CBCN1CCC2. The maximum absolute atomic E-state index is 2.66. The van der Waals surface area contributed by atoms with Gasteiger partial charge in [-0.05, 0) is 32.8 Å². The van der Waals surface area contributed by atoms with Crippen LogP contribution in [0.15, 0.2) is 0 Å². The second-order valence-electron chi connectivity index (χ2n) is 3.69. The predicted octanol–water partition coefficient (Wildman–Crippen LogP) is 0.667. The lowest BCUT2D eigenvalue weighted by Gasteiger charge is -2.27. The number of nitrogens with zero attached hydrogens (tertiary/aromatic N) is 1. The summed E-state index contributed by atoms with van der Waals surface area (Å²) in [5, 5.41) is 0. The fourth-order valence-electron chi connectivity index (χ4n) is 2.39. The minimum absolute atomic E-state index is 0.639. The summed E-state index contributed by atoms with van der Waals surface area (Å²) in [7, 11) is 1.44. The predicted molar refractivity (Wildman–Crippen MR) is 41.2 cm³/mol. The van der Waals surface area contributed by atoms with E-state index in [1.165, 1.54) is 39.4 Å². The van der Waals surface area contributed by atoms with Crippen LogP contribution in [-0.2, 0) is 0 Å². The molecule has 0 aliphatic carbocycles. The van der Waals surface area contributed by atoms with Gasteiger partial charge in [-0.25, -0.2) is 0 Å². The van der Waals surface area contributed by atoms with E-state index in [0.717, 1.165) is 0 Å². The van der Waals surface area contributed by atoms with Crippen molar-refractivity contribution in [3.05, 3.63) is 0 Å². The molecule has 2 fully saturated rings. The van der Waals surface area contributed by atoms with Gasteiger partial charge in [-0.2, -0.15) is 0 Å². The Hall–Kier alpha value is 0.0249. The quantitative estimate of drug-likeness (QED) is 0.428. The summed E-state index contributed by atoms with van der Waals surface area (Å²) in [6.07, 6.45) is 5.72.